The molecule has 1 aliphatic rings. The van der Waals surface area contributed by atoms with Crippen LogP contribution in [0.1, 0.15) is 44.6 Å². The van der Waals surface area contributed by atoms with E-state index in [0.29, 0.717) is 18.4 Å². The van der Waals surface area contributed by atoms with Gasteiger partial charge in [0.25, 0.3) is 0 Å². The number of sulfone groups is 1. The number of hydrogen-bond acceptors (Lipinski definition) is 4. The minimum Gasteiger partial charge on any atom is -0.374 e. The molecule has 6 heteroatoms. The number of carbonyl (C=O) groups is 1. The Morgan fingerprint density at radius 2 is 2.00 bits per heavy atom. The molecule has 1 aromatic rings. The van der Waals surface area contributed by atoms with E-state index in [2.05, 4.69) is 5.32 Å². The molecule has 1 aromatic carbocycles. The highest BCUT2D eigenvalue weighted by Gasteiger charge is 2.23. The number of carbonyl (C=O) groups excluding carboxylic acids is 1. The zero-order valence-electron chi connectivity index (χ0n) is 13.7. The lowest BCUT2D eigenvalue weighted by atomic mass is 9.98. The third-order valence-corrected chi connectivity index (χ3v) is 5.74. The molecule has 0 heterocycles. The molecule has 0 aliphatic heterocycles. The van der Waals surface area contributed by atoms with Gasteiger partial charge in [-0.05, 0) is 37.5 Å². The molecule has 1 aliphatic carbocycles. The molecule has 1 atom stereocenters. The minimum absolute atomic E-state index is 0.326. The number of hydrogen-bond donors (Lipinski definition) is 1. The monoisotopic (exact) mass is 339 g/mol. The normalized spacial score (nSPS) is 17.7. The fourth-order valence-electron chi connectivity index (χ4n) is 2.62. The van der Waals surface area contributed by atoms with Crippen molar-refractivity contribution in [1.29, 1.82) is 0 Å². The molecule has 0 aromatic heterocycles. The van der Waals surface area contributed by atoms with E-state index in [1.54, 1.807) is 6.07 Å². The fourth-order valence-corrected chi connectivity index (χ4v) is 3.07. The highest BCUT2D eigenvalue weighted by Crippen LogP contribution is 2.22. The Bertz CT molecular complexity index is 636. The number of anilines is 1. The third kappa shape index (κ3) is 5.62. The van der Waals surface area contributed by atoms with Gasteiger partial charge in [0.2, 0.25) is 5.91 Å². The predicted molar refractivity (Wildman–Crippen MR) is 91.0 cm³/mol. The van der Waals surface area contributed by atoms with Crippen LogP contribution in [0.25, 0.3) is 0 Å². The van der Waals surface area contributed by atoms with E-state index in [1.807, 2.05) is 18.2 Å². The van der Waals surface area contributed by atoms with Crippen molar-refractivity contribution in [3.63, 3.8) is 0 Å². The van der Waals surface area contributed by atoms with Gasteiger partial charge in [-0.15, -0.1) is 0 Å². The van der Waals surface area contributed by atoms with Crippen molar-refractivity contribution in [2.45, 2.75) is 57.0 Å². The highest BCUT2D eigenvalue weighted by molar-refractivity contribution is 7.92. The van der Waals surface area contributed by atoms with E-state index < -0.39 is 21.0 Å². The number of benzene rings is 1. The van der Waals surface area contributed by atoms with E-state index in [4.69, 9.17) is 4.74 Å². The van der Waals surface area contributed by atoms with Crippen LogP contribution >= 0.6 is 0 Å². The first-order valence-corrected chi connectivity index (χ1v) is 10.0. The first-order valence-electron chi connectivity index (χ1n) is 8.06. The Labute approximate surface area is 138 Å². The molecule has 2 rings (SSSR count). The Balaban J connectivity index is 1.92. The molecular weight excluding hydrogens is 314 g/mol. The maximum atomic E-state index is 12.0. The second kappa shape index (κ2) is 7.93. The van der Waals surface area contributed by atoms with Crippen LogP contribution in [-0.2, 0) is 26.0 Å². The van der Waals surface area contributed by atoms with Crippen LogP contribution < -0.4 is 5.32 Å². The smallest absolute Gasteiger partial charge is 0.242 e. The third-order valence-electron chi connectivity index (χ3n) is 4.24. The van der Waals surface area contributed by atoms with E-state index in [0.717, 1.165) is 24.7 Å². The number of ether oxygens (including phenoxy) is 1. The molecule has 5 nitrogen and oxygen atoms in total. The summed E-state index contributed by atoms with van der Waals surface area (Å²) in [5, 5.41) is 1.59. The largest absolute Gasteiger partial charge is 0.374 e. The summed E-state index contributed by atoms with van der Waals surface area (Å²) in [6, 6.07) is 7.35. The van der Waals surface area contributed by atoms with E-state index in [-0.39, 0.29) is 0 Å². The average Bonchev–Trinajstić information content (AvgIpc) is 2.52. The van der Waals surface area contributed by atoms with Crippen molar-refractivity contribution in [1.82, 2.24) is 0 Å². The van der Waals surface area contributed by atoms with Crippen LogP contribution in [0.15, 0.2) is 24.3 Å². The molecule has 0 spiro atoms. The first-order chi connectivity index (χ1) is 10.9. The summed E-state index contributed by atoms with van der Waals surface area (Å²) in [5.41, 5.74) is 1.57. The van der Waals surface area contributed by atoms with Gasteiger partial charge in [0.05, 0.1) is 12.7 Å². The molecule has 23 heavy (non-hydrogen) atoms. The van der Waals surface area contributed by atoms with Crippen LogP contribution in [0, 0.1) is 0 Å². The molecular formula is C17H25NO4S. The van der Waals surface area contributed by atoms with E-state index in [1.165, 1.54) is 26.2 Å². The zero-order chi connectivity index (χ0) is 16.9. The zero-order valence-corrected chi connectivity index (χ0v) is 14.6. The van der Waals surface area contributed by atoms with Gasteiger partial charge in [-0.25, -0.2) is 8.42 Å². The summed E-state index contributed by atoms with van der Waals surface area (Å²) >= 11 is 0. The standard InChI is InChI=1S/C17H25NO4S/c1-13(23(2,20)21)17(19)18-15-8-6-7-14(11-15)12-22-16-9-4-3-5-10-16/h6-8,11,13,16H,3-5,9-10,12H2,1-2H3,(H,18,19). The van der Waals surface area contributed by atoms with Crippen LogP contribution in [0.5, 0.6) is 0 Å². The fraction of sp³-hybridized carbons (Fsp3) is 0.588. The summed E-state index contributed by atoms with van der Waals surface area (Å²) in [7, 11) is -3.39. The van der Waals surface area contributed by atoms with Crippen molar-refractivity contribution < 1.29 is 17.9 Å². The lowest BCUT2D eigenvalue weighted by Gasteiger charge is -2.22. The molecule has 128 valence electrons. The van der Waals surface area contributed by atoms with Crippen molar-refractivity contribution in [2.24, 2.45) is 0 Å². The van der Waals surface area contributed by atoms with Gasteiger partial charge >= 0.3 is 0 Å². The Kier molecular flexibility index (Phi) is 6.18. The van der Waals surface area contributed by atoms with Gasteiger partial charge in [-0.1, -0.05) is 31.4 Å². The van der Waals surface area contributed by atoms with Gasteiger partial charge in [0, 0.05) is 11.9 Å². The molecule has 1 fully saturated rings. The Morgan fingerprint density at radius 3 is 2.65 bits per heavy atom. The lowest BCUT2D eigenvalue weighted by Crippen LogP contribution is -2.31. The quantitative estimate of drug-likeness (QED) is 0.865. The maximum absolute atomic E-state index is 12.0. The molecule has 0 bridgehead atoms. The topological polar surface area (TPSA) is 72.5 Å². The van der Waals surface area contributed by atoms with Crippen molar-refractivity contribution in [2.75, 3.05) is 11.6 Å². The van der Waals surface area contributed by atoms with Crippen molar-refractivity contribution in [3.05, 3.63) is 29.8 Å². The minimum atomic E-state index is -3.39. The second-order valence-electron chi connectivity index (χ2n) is 6.23. The number of nitrogens with one attached hydrogen (secondary N) is 1. The average molecular weight is 339 g/mol. The van der Waals surface area contributed by atoms with Crippen LogP contribution in [-0.4, -0.2) is 31.9 Å². The van der Waals surface area contributed by atoms with Gasteiger partial charge in [0.1, 0.15) is 5.25 Å². The van der Waals surface area contributed by atoms with Crippen LogP contribution in [0.2, 0.25) is 0 Å². The van der Waals surface area contributed by atoms with E-state index in [9.17, 15) is 13.2 Å². The second-order valence-corrected chi connectivity index (χ2v) is 8.60. The summed E-state index contributed by atoms with van der Waals surface area (Å²) in [4.78, 5) is 12.0. The van der Waals surface area contributed by atoms with Gasteiger partial charge < -0.3 is 10.1 Å². The molecule has 0 radical (unpaired) electrons. The summed E-state index contributed by atoms with van der Waals surface area (Å²) in [6.07, 6.45) is 7.36. The van der Waals surface area contributed by atoms with Gasteiger partial charge in [-0.2, -0.15) is 0 Å². The maximum Gasteiger partial charge on any atom is 0.242 e. The highest BCUT2D eigenvalue weighted by atomic mass is 32.2. The molecule has 1 saturated carbocycles. The SMILES string of the molecule is CC(C(=O)Nc1cccc(COC2CCCCC2)c1)S(C)(=O)=O. The van der Waals surface area contributed by atoms with Crippen molar-refractivity contribution >= 4 is 21.4 Å². The first kappa shape index (κ1) is 17.9. The van der Waals surface area contributed by atoms with Gasteiger partial charge in [-0.3, -0.25) is 4.79 Å². The molecule has 1 unspecified atom stereocenters. The molecule has 1 N–H and O–H groups in total. The van der Waals surface area contributed by atoms with Crippen LogP contribution in [0.3, 0.4) is 0 Å². The summed E-state index contributed by atoms with van der Waals surface area (Å²) in [5.74, 6) is -0.516. The Morgan fingerprint density at radius 1 is 1.30 bits per heavy atom. The molecule has 0 saturated heterocycles. The summed E-state index contributed by atoms with van der Waals surface area (Å²) in [6.45, 7) is 1.90. The van der Waals surface area contributed by atoms with Gasteiger partial charge in [0.15, 0.2) is 9.84 Å². The Hall–Kier alpha value is -1.40. The predicted octanol–water partition coefficient (Wildman–Crippen LogP) is 2.91. The molecule has 1 amide bonds. The number of amides is 1. The van der Waals surface area contributed by atoms with E-state index >= 15 is 0 Å². The van der Waals surface area contributed by atoms with Crippen molar-refractivity contribution in [3.8, 4) is 0 Å². The lowest BCUT2D eigenvalue weighted by molar-refractivity contribution is -0.115. The number of rotatable bonds is 6. The summed E-state index contributed by atoms with van der Waals surface area (Å²) < 4.78 is 28.8. The van der Waals surface area contributed by atoms with Crippen LogP contribution in [0.4, 0.5) is 5.69 Å².